The fourth-order valence-corrected chi connectivity index (χ4v) is 1.62. The summed E-state index contributed by atoms with van der Waals surface area (Å²) in [6.45, 7) is 4.39. The molecule has 74 valence electrons. The van der Waals surface area contributed by atoms with Gasteiger partial charge >= 0.3 is 0 Å². The largest absolute Gasteiger partial charge is 0.328 e. The van der Waals surface area contributed by atoms with Gasteiger partial charge in [0.15, 0.2) is 0 Å². The molecule has 0 amide bonds. The highest BCUT2D eigenvalue weighted by Gasteiger charge is 2.16. The average Bonchev–Trinajstić information content (AvgIpc) is 2.36. The Morgan fingerprint density at radius 2 is 2.15 bits per heavy atom. The highest BCUT2D eigenvalue weighted by molar-refractivity contribution is 6.41. The summed E-state index contributed by atoms with van der Waals surface area (Å²) in [5, 5.41) is 5.23. The molecule has 5 heteroatoms. The number of aryl methyl sites for hydroxylation is 1. The first kappa shape index (κ1) is 10.8. The first-order valence-electron chi connectivity index (χ1n) is 4.22. The molecule has 13 heavy (non-hydrogen) atoms. The van der Waals surface area contributed by atoms with E-state index in [1.165, 1.54) is 0 Å². The summed E-state index contributed by atoms with van der Waals surface area (Å²) in [5.74, 6) is 0. The Morgan fingerprint density at radius 3 is 2.46 bits per heavy atom. The molecule has 0 bridgehead atoms. The molecule has 0 aliphatic carbocycles. The maximum absolute atomic E-state index is 5.98. The molecule has 0 saturated heterocycles. The number of nitrogens with two attached hydrogens (primary N) is 1. The van der Waals surface area contributed by atoms with Crippen molar-refractivity contribution in [1.82, 2.24) is 9.78 Å². The molecule has 0 unspecified atom stereocenters. The molecule has 3 nitrogen and oxygen atoms in total. The van der Waals surface area contributed by atoms with Gasteiger partial charge in [-0.3, -0.25) is 0 Å². The minimum Gasteiger partial charge on any atom is -0.328 e. The molecule has 0 spiro atoms. The summed E-state index contributed by atoms with van der Waals surface area (Å²) in [7, 11) is 0. The molecule has 0 fully saturated rings. The molecular weight excluding hydrogens is 209 g/mol. The number of hydrogen-bond acceptors (Lipinski definition) is 2. The summed E-state index contributed by atoms with van der Waals surface area (Å²) in [6.07, 6.45) is 0.896. The highest BCUT2D eigenvalue weighted by atomic mass is 35.5. The van der Waals surface area contributed by atoms with Crippen LogP contribution in [0.1, 0.15) is 25.1 Å². The third-order valence-electron chi connectivity index (χ3n) is 2.05. The predicted octanol–water partition coefficient (Wildman–Crippen LogP) is 2.41. The Balaban J connectivity index is 3.06. The van der Waals surface area contributed by atoms with Crippen LogP contribution in [0.25, 0.3) is 0 Å². The number of nitrogens with zero attached hydrogens (tertiary/aromatic N) is 2. The normalized spacial score (nSPS) is 13.3. The van der Waals surface area contributed by atoms with Crippen molar-refractivity contribution in [3.05, 3.63) is 15.9 Å². The molecular formula is C8H13Cl2N3. The maximum atomic E-state index is 5.98. The van der Waals surface area contributed by atoms with E-state index in [9.17, 15) is 0 Å². The molecule has 1 heterocycles. The summed E-state index contributed by atoms with van der Waals surface area (Å²) in [4.78, 5) is 0. The average molecular weight is 222 g/mol. The molecule has 0 aromatic carbocycles. The Labute approximate surface area is 87.8 Å². The standard InChI is InChI=1S/C8H13Cl2N3/c1-3-6(4-11)13-8(10)7(9)5(2)12-13/h6H,3-4,11H2,1-2H3/t6-/m1/s1. The lowest BCUT2D eigenvalue weighted by Crippen LogP contribution is -2.19. The van der Waals surface area contributed by atoms with E-state index < -0.39 is 0 Å². The number of rotatable bonds is 3. The Morgan fingerprint density at radius 1 is 1.54 bits per heavy atom. The van der Waals surface area contributed by atoms with Gasteiger partial charge in [-0.25, -0.2) is 4.68 Å². The van der Waals surface area contributed by atoms with Gasteiger partial charge in [0.2, 0.25) is 0 Å². The van der Waals surface area contributed by atoms with Crippen molar-refractivity contribution in [2.45, 2.75) is 26.3 Å². The lowest BCUT2D eigenvalue weighted by atomic mass is 10.2. The Hall–Kier alpha value is -0.250. The van der Waals surface area contributed by atoms with E-state index in [0.29, 0.717) is 16.7 Å². The third-order valence-corrected chi connectivity index (χ3v) is 2.96. The van der Waals surface area contributed by atoms with Gasteiger partial charge in [-0.05, 0) is 13.3 Å². The molecule has 1 aromatic rings. The first-order chi connectivity index (χ1) is 6.11. The zero-order valence-electron chi connectivity index (χ0n) is 7.72. The second-order valence-electron chi connectivity index (χ2n) is 2.93. The van der Waals surface area contributed by atoms with E-state index in [1.54, 1.807) is 4.68 Å². The van der Waals surface area contributed by atoms with E-state index in [-0.39, 0.29) is 6.04 Å². The minimum atomic E-state index is 0.138. The second-order valence-corrected chi connectivity index (χ2v) is 3.67. The lowest BCUT2D eigenvalue weighted by Gasteiger charge is -2.13. The van der Waals surface area contributed by atoms with Crippen molar-refractivity contribution < 1.29 is 0 Å². The van der Waals surface area contributed by atoms with Gasteiger partial charge in [-0.2, -0.15) is 5.10 Å². The molecule has 0 aliphatic rings. The van der Waals surface area contributed by atoms with E-state index in [0.717, 1.165) is 12.1 Å². The monoisotopic (exact) mass is 221 g/mol. The van der Waals surface area contributed by atoms with Gasteiger partial charge in [0.05, 0.1) is 11.7 Å². The molecule has 1 aromatic heterocycles. The Kier molecular flexibility index (Phi) is 3.59. The number of aromatic nitrogens is 2. The van der Waals surface area contributed by atoms with E-state index in [2.05, 4.69) is 5.10 Å². The van der Waals surface area contributed by atoms with Crippen LogP contribution in [0, 0.1) is 6.92 Å². The predicted molar refractivity (Wildman–Crippen MR) is 55.4 cm³/mol. The van der Waals surface area contributed by atoms with E-state index in [4.69, 9.17) is 28.9 Å². The Bertz CT molecular complexity index is 292. The van der Waals surface area contributed by atoms with Gasteiger partial charge in [-0.15, -0.1) is 0 Å². The van der Waals surface area contributed by atoms with Crippen molar-refractivity contribution in [1.29, 1.82) is 0 Å². The van der Waals surface area contributed by atoms with Gasteiger partial charge in [0, 0.05) is 6.54 Å². The van der Waals surface area contributed by atoms with Crippen LogP contribution in [-0.2, 0) is 0 Å². The molecule has 0 radical (unpaired) electrons. The summed E-state index contributed by atoms with van der Waals surface area (Å²) in [5.41, 5.74) is 6.33. The summed E-state index contributed by atoms with van der Waals surface area (Å²) < 4.78 is 1.69. The van der Waals surface area contributed by atoms with Gasteiger partial charge < -0.3 is 5.73 Å². The van der Waals surface area contributed by atoms with Crippen molar-refractivity contribution in [3.8, 4) is 0 Å². The minimum absolute atomic E-state index is 0.138. The molecule has 0 saturated carbocycles. The zero-order chi connectivity index (χ0) is 10.0. The van der Waals surface area contributed by atoms with E-state index >= 15 is 0 Å². The van der Waals surface area contributed by atoms with Crippen molar-refractivity contribution in [2.24, 2.45) is 5.73 Å². The van der Waals surface area contributed by atoms with Crippen LogP contribution >= 0.6 is 23.2 Å². The SMILES string of the molecule is CC[C@H](CN)n1nc(C)c(Cl)c1Cl. The van der Waals surface area contributed by atoms with Crippen LogP contribution in [0.3, 0.4) is 0 Å². The van der Waals surface area contributed by atoms with Crippen LogP contribution < -0.4 is 5.73 Å². The van der Waals surface area contributed by atoms with E-state index in [1.807, 2.05) is 13.8 Å². The summed E-state index contributed by atoms with van der Waals surface area (Å²) in [6, 6.07) is 0.138. The van der Waals surface area contributed by atoms with Crippen molar-refractivity contribution in [2.75, 3.05) is 6.54 Å². The molecule has 0 aliphatic heterocycles. The van der Waals surface area contributed by atoms with Crippen LogP contribution in [-0.4, -0.2) is 16.3 Å². The smallest absolute Gasteiger partial charge is 0.146 e. The molecule has 1 atom stereocenters. The second kappa shape index (κ2) is 4.31. The van der Waals surface area contributed by atoms with Crippen LogP contribution in [0.15, 0.2) is 0 Å². The number of halogens is 2. The van der Waals surface area contributed by atoms with Crippen molar-refractivity contribution in [3.63, 3.8) is 0 Å². The zero-order valence-corrected chi connectivity index (χ0v) is 9.23. The maximum Gasteiger partial charge on any atom is 0.146 e. The quantitative estimate of drug-likeness (QED) is 0.853. The number of hydrogen-bond donors (Lipinski definition) is 1. The van der Waals surface area contributed by atoms with Gasteiger partial charge in [0.1, 0.15) is 10.2 Å². The van der Waals surface area contributed by atoms with Crippen LogP contribution in [0.4, 0.5) is 0 Å². The highest BCUT2D eigenvalue weighted by Crippen LogP contribution is 2.28. The fourth-order valence-electron chi connectivity index (χ4n) is 1.18. The fraction of sp³-hybridized carbons (Fsp3) is 0.625. The molecule has 2 N–H and O–H groups in total. The summed E-state index contributed by atoms with van der Waals surface area (Å²) >= 11 is 11.9. The first-order valence-corrected chi connectivity index (χ1v) is 4.97. The van der Waals surface area contributed by atoms with Crippen molar-refractivity contribution >= 4 is 23.2 Å². The third kappa shape index (κ3) is 1.98. The van der Waals surface area contributed by atoms with Gasteiger partial charge in [-0.1, -0.05) is 30.1 Å². The lowest BCUT2D eigenvalue weighted by molar-refractivity contribution is 0.448. The topological polar surface area (TPSA) is 43.8 Å². The van der Waals surface area contributed by atoms with Crippen LogP contribution in [0.5, 0.6) is 0 Å². The molecule has 1 rings (SSSR count). The van der Waals surface area contributed by atoms with Gasteiger partial charge in [0.25, 0.3) is 0 Å². The van der Waals surface area contributed by atoms with Crippen LogP contribution in [0.2, 0.25) is 10.2 Å².